The zero-order valence-corrected chi connectivity index (χ0v) is 22.8. The van der Waals surface area contributed by atoms with Crippen LogP contribution in [-0.2, 0) is 11.2 Å². The van der Waals surface area contributed by atoms with Gasteiger partial charge < -0.3 is 19.5 Å². The Morgan fingerprint density at radius 1 is 0.865 bits per heavy atom. The number of hydrogen-bond acceptors (Lipinski definition) is 5. The Bertz CT molecular complexity index is 1030. The third-order valence-corrected chi connectivity index (χ3v) is 6.55. The summed E-state index contributed by atoms with van der Waals surface area (Å²) in [6.07, 6.45) is 1.09. The van der Waals surface area contributed by atoms with Gasteiger partial charge in [-0.2, -0.15) is 0 Å². The van der Waals surface area contributed by atoms with Crippen molar-refractivity contribution in [3.05, 3.63) is 95.8 Å². The van der Waals surface area contributed by atoms with Crippen molar-refractivity contribution in [3.63, 3.8) is 0 Å². The first-order valence-electron chi connectivity index (χ1n) is 12.3. The molecule has 1 aliphatic heterocycles. The molecule has 3 aromatic carbocycles. The van der Waals surface area contributed by atoms with E-state index in [1.807, 2.05) is 42.5 Å². The van der Waals surface area contributed by atoms with Crippen LogP contribution in [0.3, 0.4) is 0 Å². The number of nitrogens with zero attached hydrogens (tertiary/aromatic N) is 2. The maximum atomic E-state index is 13.2. The lowest BCUT2D eigenvalue weighted by atomic mass is 10.0. The molecule has 37 heavy (non-hydrogen) atoms. The molecule has 1 N–H and O–H groups in total. The third kappa shape index (κ3) is 9.16. The lowest BCUT2D eigenvalue weighted by Crippen LogP contribution is -2.49. The second-order valence-corrected chi connectivity index (χ2v) is 9.02. The van der Waals surface area contributed by atoms with Crippen molar-refractivity contribution in [2.75, 3.05) is 51.3 Å². The zero-order chi connectivity index (χ0) is 24.5. The summed E-state index contributed by atoms with van der Waals surface area (Å²) in [6.45, 7) is 4.16. The topological polar surface area (TPSA) is 45.2 Å². The fourth-order valence-electron chi connectivity index (χ4n) is 4.60. The standard InChI is InChI=1S/C29H35FN2O3.2ClH/c1-34-28(16-11-23-7-3-2-4-8-23)27-9-5-6-10-29(27)35-22-26(33)21-31-17-19-32(20-18-31)25-14-12-24(30)13-15-25;;/h2-10,12-15,26,28,33H,11,16-22H2,1H3;2*1H. The number of para-hydroxylation sites is 1. The van der Waals surface area contributed by atoms with E-state index in [4.69, 9.17) is 9.47 Å². The van der Waals surface area contributed by atoms with Crippen molar-refractivity contribution < 1.29 is 19.0 Å². The van der Waals surface area contributed by atoms with Crippen LogP contribution in [0.25, 0.3) is 0 Å². The van der Waals surface area contributed by atoms with E-state index < -0.39 is 6.10 Å². The van der Waals surface area contributed by atoms with E-state index in [2.05, 4.69) is 34.1 Å². The number of ether oxygens (including phenoxy) is 2. The molecule has 1 heterocycles. The van der Waals surface area contributed by atoms with Gasteiger partial charge in [-0.1, -0.05) is 48.5 Å². The Morgan fingerprint density at radius 3 is 2.19 bits per heavy atom. The highest BCUT2D eigenvalue weighted by atomic mass is 35.5. The monoisotopic (exact) mass is 550 g/mol. The van der Waals surface area contributed by atoms with Gasteiger partial charge in [0.1, 0.15) is 24.3 Å². The maximum Gasteiger partial charge on any atom is 0.125 e. The van der Waals surface area contributed by atoms with Crippen LogP contribution < -0.4 is 9.64 Å². The molecule has 0 amide bonds. The number of methoxy groups -OCH3 is 1. The highest BCUT2D eigenvalue weighted by Gasteiger charge is 2.21. The van der Waals surface area contributed by atoms with Crippen molar-refractivity contribution in [2.45, 2.75) is 25.0 Å². The van der Waals surface area contributed by atoms with Crippen LogP contribution in [0.1, 0.15) is 23.7 Å². The first-order chi connectivity index (χ1) is 17.1. The molecule has 0 saturated carbocycles. The average molecular weight is 552 g/mol. The summed E-state index contributed by atoms with van der Waals surface area (Å²) in [5.74, 6) is 0.540. The van der Waals surface area contributed by atoms with Crippen molar-refractivity contribution in [1.82, 2.24) is 4.90 Å². The van der Waals surface area contributed by atoms with E-state index in [0.29, 0.717) is 6.54 Å². The lowest BCUT2D eigenvalue weighted by molar-refractivity contribution is 0.0613. The van der Waals surface area contributed by atoms with E-state index in [1.54, 1.807) is 7.11 Å². The molecule has 4 rings (SSSR count). The van der Waals surface area contributed by atoms with Gasteiger partial charge in [-0.05, 0) is 48.7 Å². The van der Waals surface area contributed by atoms with Crippen LogP contribution in [-0.4, -0.2) is 62.6 Å². The molecular formula is C29H37Cl2FN2O3. The van der Waals surface area contributed by atoms with Crippen LogP contribution in [0.2, 0.25) is 0 Å². The van der Waals surface area contributed by atoms with Crippen molar-refractivity contribution in [3.8, 4) is 5.75 Å². The Morgan fingerprint density at radius 2 is 1.51 bits per heavy atom. The Balaban J connectivity index is 0.00000241. The second-order valence-electron chi connectivity index (χ2n) is 9.02. The Kier molecular flexibility index (Phi) is 13.2. The van der Waals surface area contributed by atoms with Crippen molar-refractivity contribution >= 4 is 30.5 Å². The van der Waals surface area contributed by atoms with Gasteiger partial charge in [0.25, 0.3) is 0 Å². The minimum absolute atomic E-state index is 0. The molecule has 0 radical (unpaired) electrons. The first kappa shape index (κ1) is 30.9. The molecular weight excluding hydrogens is 514 g/mol. The summed E-state index contributed by atoms with van der Waals surface area (Å²) in [5.41, 5.74) is 3.32. The summed E-state index contributed by atoms with van der Waals surface area (Å²) >= 11 is 0. The fraction of sp³-hybridized carbons (Fsp3) is 0.379. The van der Waals surface area contributed by atoms with E-state index in [9.17, 15) is 9.50 Å². The Labute approximate surface area is 232 Å². The molecule has 0 spiro atoms. The van der Waals surface area contributed by atoms with Gasteiger partial charge in [0, 0.05) is 51.1 Å². The molecule has 3 aromatic rings. The lowest BCUT2D eigenvalue weighted by Gasteiger charge is -2.36. The van der Waals surface area contributed by atoms with Gasteiger partial charge in [0.05, 0.1) is 6.10 Å². The molecule has 1 fully saturated rings. The van der Waals surface area contributed by atoms with E-state index >= 15 is 0 Å². The zero-order valence-electron chi connectivity index (χ0n) is 21.2. The number of β-amino-alcohol motifs (C(OH)–C–C–N with tert-alkyl or cyclic N) is 1. The third-order valence-electron chi connectivity index (χ3n) is 6.55. The number of aliphatic hydroxyl groups excluding tert-OH is 1. The smallest absolute Gasteiger partial charge is 0.125 e. The first-order valence-corrected chi connectivity index (χ1v) is 12.3. The molecule has 5 nitrogen and oxygen atoms in total. The van der Waals surface area contributed by atoms with Gasteiger partial charge >= 0.3 is 0 Å². The van der Waals surface area contributed by atoms with E-state index in [0.717, 1.165) is 56.0 Å². The second kappa shape index (κ2) is 15.8. The van der Waals surface area contributed by atoms with Crippen LogP contribution >= 0.6 is 24.8 Å². The number of piperazine rings is 1. The predicted octanol–water partition coefficient (Wildman–Crippen LogP) is 5.55. The molecule has 1 saturated heterocycles. The SMILES string of the molecule is COC(CCc1ccccc1)c1ccccc1OCC(O)CN1CCN(c2ccc(F)cc2)CC1.Cl.Cl. The van der Waals surface area contributed by atoms with E-state index in [-0.39, 0.29) is 43.3 Å². The fourth-order valence-corrected chi connectivity index (χ4v) is 4.60. The highest BCUT2D eigenvalue weighted by molar-refractivity contribution is 5.85. The quantitative estimate of drug-likeness (QED) is 0.339. The van der Waals surface area contributed by atoms with Gasteiger partial charge in [0.2, 0.25) is 0 Å². The largest absolute Gasteiger partial charge is 0.490 e. The number of hydrogen-bond donors (Lipinski definition) is 1. The van der Waals surface area contributed by atoms with E-state index in [1.165, 1.54) is 17.7 Å². The molecule has 0 bridgehead atoms. The molecule has 2 unspecified atom stereocenters. The van der Waals surface area contributed by atoms with Crippen LogP contribution in [0.15, 0.2) is 78.9 Å². The summed E-state index contributed by atoms with van der Waals surface area (Å²) in [6, 6.07) is 24.9. The summed E-state index contributed by atoms with van der Waals surface area (Å²) in [5, 5.41) is 10.7. The predicted molar refractivity (Wildman–Crippen MR) is 152 cm³/mol. The van der Waals surface area contributed by atoms with Gasteiger partial charge in [-0.25, -0.2) is 4.39 Å². The summed E-state index contributed by atoms with van der Waals surface area (Å²) in [4.78, 5) is 4.49. The molecule has 1 aliphatic rings. The minimum Gasteiger partial charge on any atom is -0.490 e. The maximum absolute atomic E-state index is 13.2. The number of anilines is 1. The summed E-state index contributed by atoms with van der Waals surface area (Å²) in [7, 11) is 1.73. The molecule has 202 valence electrons. The number of aryl methyl sites for hydroxylation is 1. The van der Waals surface area contributed by atoms with Gasteiger partial charge in [0.15, 0.2) is 0 Å². The van der Waals surface area contributed by atoms with Gasteiger partial charge in [-0.3, -0.25) is 4.90 Å². The average Bonchev–Trinajstić information content (AvgIpc) is 2.90. The number of aliphatic hydroxyl groups is 1. The molecule has 8 heteroatoms. The number of halogens is 3. The molecule has 0 aliphatic carbocycles. The minimum atomic E-state index is -0.592. The number of rotatable bonds is 11. The highest BCUT2D eigenvalue weighted by Crippen LogP contribution is 2.31. The van der Waals surface area contributed by atoms with Crippen LogP contribution in [0.5, 0.6) is 5.75 Å². The molecule has 0 aromatic heterocycles. The Hall–Kier alpha value is -2.35. The van der Waals surface area contributed by atoms with Crippen molar-refractivity contribution in [2.24, 2.45) is 0 Å². The van der Waals surface area contributed by atoms with Crippen LogP contribution in [0.4, 0.5) is 10.1 Å². The van der Waals surface area contributed by atoms with Gasteiger partial charge in [-0.15, -0.1) is 24.8 Å². The molecule has 2 atom stereocenters. The van der Waals surface area contributed by atoms with Crippen LogP contribution in [0, 0.1) is 5.82 Å². The normalized spacial score (nSPS) is 15.3. The van der Waals surface area contributed by atoms with Crippen molar-refractivity contribution in [1.29, 1.82) is 0 Å². The number of benzene rings is 3. The summed E-state index contributed by atoms with van der Waals surface area (Å²) < 4.78 is 25.1.